The molecule has 2 atom stereocenters. The molecule has 1 aromatic heterocycles. The number of hydrogen-bond donors (Lipinski definition) is 1. The normalized spacial score (nSPS) is 19.5. The Morgan fingerprint density at radius 2 is 2.15 bits per heavy atom. The first-order valence-electron chi connectivity index (χ1n) is 9.19. The van der Waals surface area contributed by atoms with E-state index in [1.165, 1.54) is 11.1 Å². The van der Waals surface area contributed by atoms with Crippen LogP contribution in [0.4, 0.5) is 0 Å². The monoisotopic (exact) mass is 355 g/mol. The second-order valence-corrected chi connectivity index (χ2v) is 6.99. The van der Waals surface area contributed by atoms with E-state index < -0.39 is 0 Å². The molecule has 1 aliphatic heterocycles. The number of rotatable bonds is 4. The first kappa shape index (κ1) is 18.5. The first-order valence-corrected chi connectivity index (χ1v) is 9.19. The smallest absolute Gasteiger partial charge is 0.193 e. The fourth-order valence-corrected chi connectivity index (χ4v) is 3.24. The summed E-state index contributed by atoms with van der Waals surface area (Å²) in [7, 11) is 3.77. The minimum Gasteiger partial charge on any atom is -0.370 e. The highest BCUT2D eigenvalue weighted by Crippen LogP contribution is 2.22. The molecule has 2 heterocycles. The number of aromatic nitrogens is 2. The Morgan fingerprint density at radius 3 is 2.81 bits per heavy atom. The third kappa shape index (κ3) is 4.43. The summed E-state index contributed by atoms with van der Waals surface area (Å²) in [4.78, 5) is 6.75. The number of aryl methyl sites for hydroxylation is 2. The summed E-state index contributed by atoms with van der Waals surface area (Å²) in [6, 6.07) is 8.75. The Hall–Kier alpha value is -2.34. The summed E-state index contributed by atoms with van der Waals surface area (Å²) in [6.45, 7) is 7.52. The number of guanidine groups is 1. The van der Waals surface area contributed by atoms with Crippen LogP contribution < -0.4 is 5.32 Å². The zero-order valence-electron chi connectivity index (χ0n) is 16.1. The molecule has 2 aromatic rings. The number of benzene rings is 1. The minimum atomic E-state index is 0.0329. The number of nitrogens with one attached hydrogen (secondary N) is 1. The van der Waals surface area contributed by atoms with Crippen molar-refractivity contribution in [3.05, 3.63) is 53.3 Å². The maximum Gasteiger partial charge on any atom is 0.193 e. The quantitative estimate of drug-likeness (QED) is 0.676. The van der Waals surface area contributed by atoms with Crippen LogP contribution in [0.1, 0.15) is 35.6 Å². The predicted octanol–water partition coefficient (Wildman–Crippen LogP) is 2.48. The van der Waals surface area contributed by atoms with Gasteiger partial charge in [-0.3, -0.25) is 9.67 Å². The van der Waals surface area contributed by atoms with Crippen molar-refractivity contribution in [2.45, 2.75) is 25.9 Å². The van der Waals surface area contributed by atoms with Gasteiger partial charge in [-0.05, 0) is 18.4 Å². The van der Waals surface area contributed by atoms with E-state index in [1.807, 2.05) is 31.2 Å². The summed E-state index contributed by atoms with van der Waals surface area (Å²) >= 11 is 0. The van der Waals surface area contributed by atoms with Gasteiger partial charge >= 0.3 is 0 Å². The van der Waals surface area contributed by atoms with Crippen LogP contribution in [0.3, 0.4) is 0 Å². The lowest BCUT2D eigenvalue weighted by Crippen LogP contribution is -2.48. The van der Waals surface area contributed by atoms with E-state index >= 15 is 0 Å². The maximum absolute atomic E-state index is 5.93. The highest BCUT2D eigenvalue weighted by atomic mass is 16.5. The molecular weight excluding hydrogens is 326 g/mol. The Labute approximate surface area is 155 Å². The molecule has 6 nitrogen and oxygen atoms in total. The molecule has 0 saturated carbocycles. The lowest BCUT2D eigenvalue weighted by molar-refractivity contribution is -0.00803. The van der Waals surface area contributed by atoms with Crippen LogP contribution in [-0.4, -0.2) is 53.9 Å². The average molecular weight is 355 g/mol. The van der Waals surface area contributed by atoms with Gasteiger partial charge in [0.15, 0.2) is 5.96 Å². The molecule has 0 spiro atoms. The van der Waals surface area contributed by atoms with E-state index in [4.69, 9.17) is 4.74 Å². The van der Waals surface area contributed by atoms with Crippen molar-refractivity contribution >= 4 is 5.96 Å². The van der Waals surface area contributed by atoms with Crippen molar-refractivity contribution < 1.29 is 4.74 Å². The first-order chi connectivity index (χ1) is 12.6. The van der Waals surface area contributed by atoms with Gasteiger partial charge in [0, 0.05) is 38.9 Å². The number of morpholine rings is 1. The largest absolute Gasteiger partial charge is 0.370 e. The fraction of sp³-hybridized carbons (Fsp3) is 0.500. The average Bonchev–Trinajstić information content (AvgIpc) is 3.09. The topological polar surface area (TPSA) is 54.7 Å². The SMILES string of the molecule is CN=C(NCC(C)c1ccc(C)cc1)N1CCOC(c2cnn(C)c2)C1. The van der Waals surface area contributed by atoms with Gasteiger partial charge in [0.05, 0.1) is 19.3 Å². The maximum atomic E-state index is 5.93. The standard InChI is InChI=1S/C20H29N5O/c1-15-5-7-17(8-6-15)16(2)11-22-20(21-3)25-9-10-26-19(14-25)18-12-23-24(4)13-18/h5-8,12-13,16,19H,9-11,14H2,1-4H3,(H,21,22). The van der Waals surface area contributed by atoms with E-state index in [-0.39, 0.29) is 6.10 Å². The van der Waals surface area contributed by atoms with Crippen LogP contribution in [-0.2, 0) is 11.8 Å². The van der Waals surface area contributed by atoms with Gasteiger partial charge in [0.25, 0.3) is 0 Å². The van der Waals surface area contributed by atoms with E-state index in [0.717, 1.165) is 31.2 Å². The molecule has 0 aliphatic carbocycles. The Balaban J connectivity index is 1.58. The molecule has 1 aliphatic rings. The zero-order valence-corrected chi connectivity index (χ0v) is 16.1. The minimum absolute atomic E-state index is 0.0329. The second-order valence-electron chi connectivity index (χ2n) is 6.99. The predicted molar refractivity (Wildman–Crippen MR) is 104 cm³/mol. The molecule has 6 heteroatoms. The third-order valence-electron chi connectivity index (χ3n) is 4.89. The van der Waals surface area contributed by atoms with Crippen LogP contribution in [0.2, 0.25) is 0 Å². The van der Waals surface area contributed by atoms with Gasteiger partial charge in [-0.1, -0.05) is 36.8 Å². The van der Waals surface area contributed by atoms with Gasteiger partial charge in [0.2, 0.25) is 0 Å². The summed E-state index contributed by atoms with van der Waals surface area (Å²) in [6.07, 6.45) is 3.93. The fourth-order valence-electron chi connectivity index (χ4n) is 3.24. The molecule has 0 bridgehead atoms. The van der Waals surface area contributed by atoms with Gasteiger partial charge < -0.3 is 15.0 Å². The molecule has 0 amide bonds. The Kier molecular flexibility index (Phi) is 5.93. The number of nitrogens with zero attached hydrogens (tertiary/aromatic N) is 4. The molecule has 3 rings (SSSR count). The lowest BCUT2D eigenvalue weighted by Gasteiger charge is -2.35. The highest BCUT2D eigenvalue weighted by Gasteiger charge is 2.25. The van der Waals surface area contributed by atoms with Crippen molar-refractivity contribution in [1.82, 2.24) is 20.0 Å². The molecule has 1 aromatic carbocycles. The molecule has 1 saturated heterocycles. The van der Waals surface area contributed by atoms with Crippen molar-refractivity contribution in [1.29, 1.82) is 0 Å². The van der Waals surface area contributed by atoms with Crippen molar-refractivity contribution in [3.63, 3.8) is 0 Å². The van der Waals surface area contributed by atoms with Crippen LogP contribution in [0.15, 0.2) is 41.7 Å². The third-order valence-corrected chi connectivity index (χ3v) is 4.89. The summed E-state index contributed by atoms with van der Waals surface area (Å²) in [5, 5.41) is 7.78. The molecule has 140 valence electrons. The number of hydrogen-bond acceptors (Lipinski definition) is 3. The summed E-state index contributed by atoms with van der Waals surface area (Å²) in [5.41, 5.74) is 3.74. The lowest BCUT2D eigenvalue weighted by atomic mass is 10.0. The van der Waals surface area contributed by atoms with Gasteiger partial charge in [-0.15, -0.1) is 0 Å². The van der Waals surface area contributed by atoms with E-state index in [1.54, 1.807) is 0 Å². The van der Waals surface area contributed by atoms with Crippen LogP contribution in [0, 0.1) is 6.92 Å². The van der Waals surface area contributed by atoms with Crippen LogP contribution in [0.25, 0.3) is 0 Å². The molecule has 2 unspecified atom stereocenters. The molecule has 26 heavy (non-hydrogen) atoms. The van der Waals surface area contributed by atoms with E-state index in [2.05, 4.69) is 58.4 Å². The van der Waals surface area contributed by atoms with Crippen LogP contribution in [0.5, 0.6) is 0 Å². The Bertz CT molecular complexity index is 737. The van der Waals surface area contributed by atoms with Gasteiger partial charge in [0.1, 0.15) is 6.10 Å². The van der Waals surface area contributed by atoms with Crippen molar-refractivity contribution in [2.75, 3.05) is 33.3 Å². The zero-order chi connectivity index (χ0) is 18.5. The van der Waals surface area contributed by atoms with Gasteiger partial charge in [-0.2, -0.15) is 5.10 Å². The summed E-state index contributed by atoms with van der Waals surface area (Å²) in [5.74, 6) is 1.35. The number of ether oxygens (including phenoxy) is 1. The second kappa shape index (κ2) is 8.36. The van der Waals surface area contributed by atoms with Gasteiger partial charge in [-0.25, -0.2) is 0 Å². The highest BCUT2D eigenvalue weighted by molar-refractivity contribution is 5.80. The molecular formula is C20H29N5O. The van der Waals surface area contributed by atoms with Crippen LogP contribution >= 0.6 is 0 Å². The van der Waals surface area contributed by atoms with E-state index in [9.17, 15) is 0 Å². The van der Waals surface area contributed by atoms with Crippen molar-refractivity contribution in [3.8, 4) is 0 Å². The molecule has 1 fully saturated rings. The number of aliphatic imine (C=N–C) groups is 1. The molecule has 1 N–H and O–H groups in total. The van der Waals surface area contributed by atoms with E-state index in [0.29, 0.717) is 12.5 Å². The van der Waals surface area contributed by atoms with Crippen molar-refractivity contribution in [2.24, 2.45) is 12.0 Å². The molecule has 0 radical (unpaired) electrons. The summed E-state index contributed by atoms with van der Waals surface area (Å²) < 4.78 is 7.74. The Morgan fingerprint density at radius 1 is 1.38 bits per heavy atom.